The van der Waals surface area contributed by atoms with Crippen molar-refractivity contribution in [3.05, 3.63) is 75.5 Å². The first-order valence-corrected chi connectivity index (χ1v) is 12.5. The van der Waals surface area contributed by atoms with E-state index in [1.165, 1.54) is 19.5 Å². The lowest BCUT2D eigenvalue weighted by molar-refractivity contribution is 0.0692. The first-order chi connectivity index (χ1) is 17.9. The summed E-state index contributed by atoms with van der Waals surface area (Å²) < 4.78 is 28.3. The van der Waals surface area contributed by atoms with Gasteiger partial charge in [0.2, 0.25) is 0 Å². The first kappa shape index (κ1) is 26.6. The van der Waals surface area contributed by atoms with E-state index in [1.807, 2.05) is 0 Å². The average Bonchev–Trinajstić information content (AvgIpc) is 3.42. The maximum Gasteiger partial charge on any atom is 0.343 e. The van der Waals surface area contributed by atoms with E-state index in [0.717, 1.165) is 25.7 Å². The third-order valence-corrected chi connectivity index (χ3v) is 6.63. The molecule has 1 saturated carbocycles. The predicted octanol–water partition coefficient (Wildman–Crippen LogP) is 7.09. The SMILES string of the molecule is COc1ccc(C(=Cc2c(Cl)cncc2Cl)OC(=O)c2ccc(OC)c(OC3CCCC3)c2)cc1OC. The smallest absolute Gasteiger partial charge is 0.343 e. The molecule has 3 aromatic rings. The molecule has 0 atom stereocenters. The Morgan fingerprint density at radius 1 is 0.838 bits per heavy atom. The number of hydrogen-bond donors (Lipinski definition) is 0. The van der Waals surface area contributed by atoms with Crippen molar-refractivity contribution in [3.8, 4) is 23.0 Å². The van der Waals surface area contributed by atoms with Gasteiger partial charge < -0.3 is 23.7 Å². The van der Waals surface area contributed by atoms with Crippen LogP contribution in [0.15, 0.2) is 48.8 Å². The topological polar surface area (TPSA) is 76.1 Å². The van der Waals surface area contributed by atoms with E-state index < -0.39 is 5.97 Å². The number of carbonyl (C=O) groups excluding carboxylic acids is 1. The molecule has 194 valence electrons. The summed E-state index contributed by atoms with van der Waals surface area (Å²) in [6, 6.07) is 10.1. The second-order valence-corrected chi connectivity index (χ2v) is 9.19. The average molecular weight is 544 g/mol. The van der Waals surface area contributed by atoms with Crippen molar-refractivity contribution in [3.63, 3.8) is 0 Å². The van der Waals surface area contributed by atoms with Crippen LogP contribution in [0.1, 0.15) is 47.2 Å². The number of aromatic nitrogens is 1. The van der Waals surface area contributed by atoms with Crippen LogP contribution in [0, 0.1) is 0 Å². The van der Waals surface area contributed by atoms with Crippen molar-refractivity contribution in [2.24, 2.45) is 0 Å². The zero-order valence-corrected chi connectivity index (χ0v) is 22.3. The number of carbonyl (C=O) groups is 1. The van der Waals surface area contributed by atoms with Gasteiger partial charge in [-0.25, -0.2) is 4.79 Å². The van der Waals surface area contributed by atoms with Crippen molar-refractivity contribution in [1.29, 1.82) is 0 Å². The fourth-order valence-corrected chi connectivity index (χ4v) is 4.57. The fourth-order valence-electron chi connectivity index (χ4n) is 4.09. The molecule has 0 radical (unpaired) electrons. The van der Waals surface area contributed by atoms with Crippen molar-refractivity contribution in [2.45, 2.75) is 31.8 Å². The summed E-state index contributed by atoms with van der Waals surface area (Å²) in [5.74, 6) is 1.65. The highest BCUT2D eigenvalue weighted by molar-refractivity contribution is 6.37. The molecule has 1 heterocycles. The van der Waals surface area contributed by atoms with E-state index in [1.54, 1.807) is 56.7 Å². The van der Waals surface area contributed by atoms with Gasteiger partial charge in [-0.1, -0.05) is 23.2 Å². The van der Waals surface area contributed by atoms with Crippen molar-refractivity contribution >= 4 is 41.0 Å². The predicted molar refractivity (Wildman–Crippen MR) is 143 cm³/mol. The van der Waals surface area contributed by atoms with Crippen LogP contribution in [-0.2, 0) is 4.74 Å². The summed E-state index contributed by atoms with van der Waals surface area (Å²) in [4.78, 5) is 17.3. The largest absolute Gasteiger partial charge is 0.493 e. The van der Waals surface area contributed by atoms with Crippen molar-refractivity contribution in [2.75, 3.05) is 21.3 Å². The Kier molecular flexibility index (Phi) is 8.79. The number of benzene rings is 2. The van der Waals surface area contributed by atoms with Gasteiger partial charge in [0.25, 0.3) is 0 Å². The number of hydrogen-bond acceptors (Lipinski definition) is 7. The molecule has 1 aromatic heterocycles. The molecule has 0 amide bonds. The van der Waals surface area contributed by atoms with Crippen LogP contribution in [-0.4, -0.2) is 38.4 Å². The fraction of sp³-hybridized carbons (Fsp3) is 0.286. The van der Waals surface area contributed by atoms with Crippen LogP contribution in [0.4, 0.5) is 0 Å². The lowest BCUT2D eigenvalue weighted by atomic mass is 10.1. The van der Waals surface area contributed by atoms with E-state index in [2.05, 4.69) is 4.98 Å². The monoisotopic (exact) mass is 543 g/mol. The van der Waals surface area contributed by atoms with Gasteiger partial charge >= 0.3 is 5.97 Å². The maximum absolute atomic E-state index is 13.4. The number of ether oxygens (including phenoxy) is 5. The van der Waals surface area contributed by atoms with E-state index in [4.69, 9.17) is 46.9 Å². The highest BCUT2D eigenvalue weighted by atomic mass is 35.5. The Hall–Kier alpha value is -3.42. The molecular weight excluding hydrogens is 517 g/mol. The van der Waals surface area contributed by atoms with E-state index in [9.17, 15) is 4.79 Å². The van der Waals surface area contributed by atoms with Gasteiger partial charge in [-0.3, -0.25) is 4.98 Å². The van der Waals surface area contributed by atoms with Crippen molar-refractivity contribution in [1.82, 2.24) is 4.98 Å². The maximum atomic E-state index is 13.4. The van der Waals surface area contributed by atoms with Crippen LogP contribution in [0.5, 0.6) is 23.0 Å². The Labute approximate surface area is 225 Å². The number of halogens is 2. The summed E-state index contributed by atoms with van der Waals surface area (Å²) >= 11 is 12.7. The first-order valence-electron chi connectivity index (χ1n) is 11.7. The Balaban J connectivity index is 1.71. The normalized spacial score (nSPS) is 13.8. The molecular formula is C28H27Cl2NO6. The molecule has 7 nitrogen and oxygen atoms in total. The summed E-state index contributed by atoms with van der Waals surface area (Å²) in [6.45, 7) is 0. The quantitative estimate of drug-likeness (QED) is 0.210. The number of nitrogens with zero attached hydrogens (tertiary/aromatic N) is 1. The lowest BCUT2D eigenvalue weighted by Crippen LogP contribution is -2.12. The second kappa shape index (κ2) is 12.2. The molecule has 0 N–H and O–H groups in total. The van der Waals surface area contributed by atoms with Crippen LogP contribution in [0.2, 0.25) is 10.0 Å². The molecule has 2 aromatic carbocycles. The minimum Gasteiger partial charge on any atom is -0.493 e. The van der Waals surface area contributed by atoms with Gasteiger partial charge in [-0.05, 0) is 68.2 Å². The lowest BCUT2D eigenvalue weighted by Gasteiger charge is -2.17. The van der Waals surface area contributed by atoms with Gasteiger partial charge in [0.1, 0.15) is 5.76 Å². The summed E-state index contributed by atoms with van der Waals surface area (Å²) in [6.07, 6.45) is 8.79. The highest BCUT2D eigenvalue weighted by Gasteiger charge is 2.21. The minimum atomic E-state index is -0.596. The number of rotatable bonds is 9. The Morgan fingerprint density at radius 2 is 1.41 bits per heavy atom. The Bertz CT molecular complexity index is 1280. The van der Waals surface area contributed by atoms with E-state index in [0.29, 0.717) is 49.7 Å². The third kappa shape index (κ3) is 6.29. The van der Waals surface area contributed by atoms with Crippen LogP contribution in [0.3, 0.4) is 0 Å². The van der Waals surface area contributed by atoms with Gasteiger partial charge in [-0.2, -0.15) is 0 Å². The van der Waals surface area contributed by atoms with Crippen LogP contribution in [0.25, 0.3) is 11.8 Å². The summed E-state index contributed by atoms with van der Waals surface area (Å²) in [5.41, 5.74) is 1.30. The molecule has 0 saturated heterocycles. The second-order valence-electron chi connectivity index (χ2n) is 8.37. The van der Waals surface area contributed by atoms with Gasteiger partial charge in [-0.15, -0.1) is 0 Å². The molecule has 1 aliphatic carbocycles. The molecule has 0 aliphatic heterocycles. The number of pyridine rings is 1. The van der Waals surface area contributed by atoms with Crippen LogP contribution >= 0.6 is 23.2 Å². The molecule has 9 heteroatoms. The zero-order chi connectivity index (χ0) is 26.4. The molecule has 4 rings (SSSR count). The standard InChI is InChI=1S/C28H27Cl2NO6/c1-33-23-10-8-17(12-26(23)35-3)25(14-20-21(29)15-31-16-22(20)30)37-28(32)18-9-11-24(34-2)27(13-18)36-19-6-4-5-7-19/h8-16,19H,4-7H2,1-3H3. The van der Waals surface area contributed by atoms with Gasteiger partial charge in [0.05, 0.1) is 43.0 Å². The summed E-state index contributed by atoms with van der Waals surface area (Å²) in [5, 5.41) is 0.608. The number of esters is 1. The van der Waals surface area contributed by atoms with E-state index >= 15 is 0 Å². The number of methoxy groups -OCH3 is 3. The molecule has 0 bridgehead atoms. The van der Waals surface area contributed by atoms with E-state index in [-0.39, 0.29) is 11.9 Å². The molecule has 0 spiro atoms. The molecule has 1 fully saturated rings. The minimum absolute atomic E-state index is 0.0957. The molecule has 37 heavy (non-hydrogen) atoms. The summed E-state index contributed by atoms with van der Waals surface area (Å²) in [7, 11) is 4.63. The third-order valence-electron chi connectivity index (χ3n) is 6.03. The van der Waals surface area contributed by atoms with Gasteiger partial charge in [0.15, 0.2) is 23.0 Å². The zero-order valence-electron chi connectivity index (χ0n) is 20.8. The highest BCUT2D eigenvalue weighted by Crippen LogP contribution is 2.36. The van der Waals surface area contributed by atoms with Crippen molar-refractivity contribution < 1.29 is 28.5 Å². The Morgan fingerprint density at radius 3 is 2.03 bits per heavy atom. The molecule has 1 aliphatic rings. The molecule has 0 unspecified atom stereocenters. The van der Waals surface area contributed by atoms with Crippen LogP contribution < -0.4 is 18.9 Å². The van der Waals surface area contributed by atoms with Gasteiger partial charge in [0, 0.05) is 23.5 Å².